The lowest BCUT2D eigenvalue weighted by Crippen LogP contribution is -2.55. The van der Waals surface area contributed by atoms with E-state index in [2.05, 4.69) is 5.32 Å². The molecule has 37 heavy (non-hydrogen) atoms. The van der Waals surface area contributed by atoms with Crippen molar-refractivity contribution in [3.8, 4) is 0 Å². The van der Waals surface area contributed by atoms with E-state index in [1.807, 2.05) is 33.8 Å². The van der Waals surface area contributed by atoms with Gasteiger partial charge in [-0.3, -0.25) is 9.59 Å². The number of hydrogen-bond donors (Lipinski definition) is 1. The number of benzene rings is 2. The maximum Gasteiger partial charge on any atom is 0.304 e. The van der Waals surface area contributed by atoms with Crippen LogP contribution in [0.2, 0.25) is 0 Å². The van der Waals surface area contributed by atoms with Crippen LogP contribution < -0.4 is 9.62 Å². The third-order valence-corrected chi connectivity index (χ3v) is 7.61. The Kier molecular flexibility index (Phi) is 9.84. The number of anilines is 1. The van der Waals surface area contributed by atoms with Gasteiger partial charge in [-0.1, -0.05) is 31.2 Å². The Morgan fingerprint density at radius 2 is 1.62 bits per heavy atom. The van der Waals surface area contributed by atoms with E-state index < -0.39 is 40.1 Å². The lowest BCUT2D eigenvalue weighted by Gasteiger charge is -2.35. The van der Waals surface area contributed by atoms with Crippen molar-refractivity contribution in [3.63, 3.8) is 0 Å². The molecule has 2 aromatic rings. The third-order valence-electron chi connectivity index (χ3n) is 5.80. The molecule has 0 aromatic heterocycles. The van der Waals surface area contributed by atoms with E-state index in [0.29, 0.717) is 23.2 Å². The number of aryl methyl sites for hydroxylation is 2. The Morgan fingerprint density at radius 1 is 1.03 bits per heavy atom. The third kappa shape index (κ3) is 8.00. The molecule has 0 spiro atoms. The first-order valence-corrected chi connectivity index (χ1v) is 13.6. The smallest absolute Gasteiger partial charge is 0.304 e. The molecule has 0 bridgehead atoms. The van der Waals surface area contributed by atoms with E-state index in [1.54, 1.807) is 38.1 Å². The van der Waals surface area contributed by atoms with Gasteiger partial charge >= 0.3 is 10.2 Å². The number of hydrogen-bond acceptors (Lipinski definition) is 4. The van der Waals surface area contributed by atoms with Crippen molar-refractivity contribution in [2.24, 2.45) is 0 Å². The molecule has 10 heteroatoms. The predicted molar refractivity (Wildman–Crippen MR) is 145 cm³/mol. The van der Waals surface area contributed by atoms with Crippen LogP contribution in [0.1, 0.15) is 50.8 Å². The summed E-state index contributed by atoms with van der Waals surface area (Å²) in [5, 5.41) is 2.92. The van der Waals surface area contributed by atoms with E-state index in [0.717, 1.165) is 14.2 Å². The summed E-state index contributed by atoms with van der Waals surface area (Å²) < 4.78 is 42.4. The number of amides is 2. The fourth-order valence-corrected chi connectivity index (χ4v) is 4.96. The van der Waals surface area contributed by atoms with Crippen molar-refractivity contribution in [3.05, 3.63) is 65.0 Å². The Balaban J connectivity index is 2.57. The number of carbonyl (C=O) groups is 2. The largest absolute Gasteiger partial charge is 0.350 e. The van der Waals surface area contributed by atoms with E-state index >= 15 is 0 Å². The summed E-state index contributed by atoms with van der Waals surface area (Å²) in [6.07, 6.45) is 0.304. The topological polar surface area (TPSA) is 90.0 Å². The highest BCUT2D eigenvalue weighted by Gasteiger charge is 2.35. The van der Waals surface area contributed by atoms with Crippen LogP contribution in [0.3, 0.4) is 0 Å². The first kappa shape index (κ1) is 30.2. The van der Waals surface area contributed by atoms with Crippen LogP contribution in [-0.2, 0) is 26.3 Å². The van der Waals surface area contributed by atoms with Gasteiger partial charge in [0.15, 0.2) is 0 Å². The summed E-state index contributed by atoms with van der Waals surface area (Å²) in [6, 6.07) is 10.2. The molecule has 1 N–H and O–H groups in total. The Bertz CT molecular complexity index is 1210. The quantitative estimate of drug-likeness (QED) is 0.502. The van der Waals surface area contributed by atoms with Crippen LogP contribution >= 0.6 is 0 Å². The number of halogens is 1. The molecule has 0 radical (unpaired) electrons. The maximum atomic E-state index is 13.9. The molecule has 0 saturated heterocycles. The lowest BCUT2D eigenvalue weighted by atomic mass is 10.1. The van der Waals surface area contributed by atoms with Gasteiger partial charge in [-0.25, -0.2) is 8.70 Å². The van der Waals surface area contributed by atoms with Crippen molar-refractivity contribution in [1.29, 1.82) is 0 Å². The molecule has 0 aliphatic carbocycles. The minimum absolute atomic E-state index is 0.0117. The van der Waals surface area contributed by atoms with Crippen molar-refractivity contribution in [2.75, 3.05) is 24.9 Å². The molecular weight excluding hydrogens is 495 g/mol. The van der Waals surface area contributed by atoms with Crippen LogP contribution in [0.4, 0.5) is 10.1 Å². The molecule has 204 valence electrons. The molecule has 0 fully saturated rings. The minimum atomic E-state index is -4.05. The van der Waals surface area contributed by atoms with Gasteiger partial charge in [-0.2, -0.15) is 12.7 Å². The summed E-state index contributed by atoms with van der Waals surface area (Å²) in [5.74, 6) is -1.32. The molecule has 0 saturated carbocycles. The van der Waals surface area contributed by atoms with Gasteiger partial charge in [0.1, 0.15) is 18.4 Å². The number of nitrogens with one attached hydrogen (secondary N) is 1. The molecule has 0 unspecified atom stereocenters. The number of rotatable bonds is 10. The summed E-state index contributed by atoms with van der Waals surface area (Å²) in [5.41, 5.74) is 1.99. The Labute approximate surface area is 220 Å². The van der Waals surface area contributed by atoms with Crippen LogP contribution in [0, 0.1) is 19.7 Å². The summed E-state index contributed by atoms with van der Waals surface area (Å²) >= 11 is 0. The molecule has 2 aromatic carbocycles. The summed E-state index contributed by atoms with van der Waals surface area (Å²) in [4.78, 5) is 28.5. The fraction of sp³-hybridized carbons (Fsp3) is 0.481. The van der Waals surface area contributed by atoms with Crippen LogP contribution in [-0.4, -0.2) is 61.7 Å². The normalized spacial score (nSPS) is 12.8. The van der Waals surface area contributed by atoms with Crippen LogP contribution in [0.15, 0.2) is 42.5 Å². The Morgan fingerprint density at radius 3 is 2.14 bits per heavy atom. The minimum Gasteiger partial charge on any atom is -0.350 e. The summed E-state index contributed by atoms with van der Waals surface area (Å²) in [6.45, 7) is 10.4. The molecule has 0 aliphatic rings. The first-order valence-electron chi connectivity index (χ1n) is 12.2. The second kappa shape index (κ2) is 12.0. The van der Waals surface area contributed by atoms with Gasteiger partial charge in [0, 0.05) is 26.2 Å². The number of carbonyl (C=O) groups excluding carboxylic acids is 2. The zero-order chi connectivity index (χ0) is 28.1. The number of nitrogens with zero attached hydrogens (tertiary/aromatic N) is 3. The standard InChI is InChI=1S/C27H39FN4O4S/c1-9-23(26(34)29-27(4,5)6)31(17-21-12-14-22(28)15-13-21)25(33)18-32(37(35,36)30(7)8)24-16-19(2)10-11-20(24)3/h10-16,23H,9,17-18H2,1-8H3,(H,29,34)/t23-/m0/s1. The van der Waals surface area contributed by atoms with Crippen LogP contribution in [0.5, 0.6) is 0 Å². The molecule has 2 amide bonds. The van der Waals surface area contributed by atoms with E-state index in [9.17, 15) is 22.4 Å². The highest BCUT2D eigenvalue weighted by Crippen LogP contribution is 2.26. The second-order valence-corrected chi connectivity index (χ2v) is 12.5. The maximum absolute atomic E-state index is 13.9. The SMILES string of the molecule is CC[C@@H](C(=O)NC(C)(C)C)N(Cc1ccc(F)cc1)C(=O)CN(c1cc(C)ccc1C)S(=O)(=O)N(C)C. The zero-order valence-electron chi connectivity index (χ0n) is 23.0. The monoisotopic (exact) mass is 534 g/mol. The van der Waals surface area contributed by atoms with Crippen molar-refractivity contribution in [1.82, 2.24) is 14.5 Å². The lowest BCUT2D eigenvalue weighted by molar-refractivity contribution is -0.141. The fourth-order valence-electron chi connectivity index (χ4n) is 3.85. The van der Waals surface area contributed by atoms with Crippen molar-refractivity contribution >= 4 is 27.7 Å². The average molecular weight is 535 g/mol. The molecule has 8 nitrogen and oxygen atoms in total. The summed E-state index contributed by atoms with van der Waals surface area (Å²) in [7, 11) is -1.25. The average Bonchev–Trinajstić information content (AvgIpc) is 2.78. The van der Waals surface area contributed by atoms with E-state index in [1.165, 1.54) is 31.1 Å². The first-order chi connectivity index (χ1) is 17.1. The molecular formula is C27H39FN4O4S. The van der Waals surface area contributed by atoms with Gasteiger partial charge < -0.3 is 10.2 Å². The van der Waals surface area contributed by atoms with Crippen LogP contribution in [0.25, 0.3) is 0 Å². The van der Waals surface area contributed by atoms with Gasteiger partial charge in [0.2, 0.25) is 11.8 Å². The van der Waals surface area contributed by atoms with Crippen molar-refractivity contribution in [2.45, 2.75) is 66.1 Å². The molecule has 0 heterocycles. The van der Waals surface area contributed by atoms with E-state index in [-0.39, 0.29) is 12.5 Å². The van der Waals surface area contributed by atoms with E-state index in [4.69, 9.17) is 0 Å². The van der Waals surface area contributed by atoms with Crippen molar-refractivity contribution < 1.29 is 22.4 Å². The second-order valence-electron chi connectivity index (χ2n) is 10.4. The molecule has 1 atom stereocenters. The highest BCUT2D eigenvalue weighted by atomic mass is 32.2. The van der Waals surface area contributed by atoms with Gasteiger partial charge in [-0.05, 0) is 75.9 Å². The highest BCUT2D eigenvalue weighted by molar-refractivity contribution is 7.90. The van der Waals surface area contributed by atoms with Gasteiger partial charge in [0.25, 0.3) is 0 Å². The zero-order valence-corrected chi connectivity index (χ0v) is 23.8. The van der Waals surface area contributed by atoms with Gasteiger partial charge in [-0.15, -0.1) is 0 Å². The van der Waals surface area contributed by atoms with Gasteiger partial charge in [0.05, 0.1) is 5.69 Å². The molecule has 0 aliphatic heterocycles. The predicted octanol–water partition coefficient (Wildman–Crippen LogP) is 3.78. The molecule has 2 rings (SSSR count). The Hall–Kier alpha value is -2.98.